The van der Waals surface area contributed by atoms with Crippen LogP contribution in [0.4, 0.5) is 0 Å². The molecule has 2 aromatic rings. The first kappa shape index (κ1) is 13.8. The van der Waals surface area contributed by atoms with E-state index in [1.165, 1.54) is 12.8 Å². The molecule has 20 heavy (non-hydrogen) atoms. The van der Waals surface area contributed by atoms with Gasteiger partial charge in [0, 0.05) is 16.6 Å². The average Bonchev–Trinajstić information content (AvgIpc) is 2.88. The van der Waals surface area contributed by atoms with E-state index in [0.717, 1.165) is 35.6 Å². The molecule has 2 heterocycles. The minimum Gasteiger partial charge on any atom is -0.419 e. The Morgan fingerprint density at radius 1 is 1.30 bits per heavy atom. The maximum Gasteiger partial charge on any atom is 0.247 e. The maximum atomic E-state index is 5.77. The SMILES string of the molecule is C[C@@H]1CCCN(Cc2nnc(-c3ccc(Br)cc3)o2)C1. The number of hydrogen-bond acceptors (Lipinski definition) is 4. The first-order valence-corrected chi connectivity index (χ1v) is 7.80. The van der Waals surface area contributed by atoms with Crippen molar-refractivity contribution in [2.24, 2.45) is 5.92 Å². The lowest BCUT2D eigenvalue weighted by molar-refractivity contribution is 0.163. The highest BCUT2D eigenvalue weighted by Crippen LogP contribution is 2.22. The molecular formula is C15H18BrN3O. The van der Waals surface area contributed by atoms with Gasteiger partial charge in [0.1, 0.15) is 0 Å². The molecule has 106 valence electrons. The molecule has 0 unspecified atom stereocenters. The Balaban J connectivity index is 1.69. The molecule has 1 fully saturated rings. The first-order chi connectivity index (χ1) is 9.70. The molecule has 0 aliphatic carbocycles. The molecule has 0 spiro atoms. The van der Waals surface area contributed by atoms with Crippen molar-refractivity contribution in [3.05, 3.63) is 34.6 Å². The van der Waals surface area contributed by atoms with E-state index in [2.05, 4.69) is 38.0 Å². The molecule has 5 heteroatoms. The van der Waals surface area contributed by atoms with E-state index in [1.807, 2.05) is 24.3 Å². The van der Waals surface area contributed by atoms with E-state index in [9.17, 15) is 0 Å². The monoisotopic (exact) mass is 335 g/mol. The molecule has 0 bridgehead atoms. The van der Waals surface area contributed by atoms with Crippen LogP contribution in [-0.2, 0) is 6.54 Å². The highest BCUT2D eigenvalue weighted by Gasteiger charge is 2.18. The quantitative estimate of drug-likeness (QED) is 0.856. The van der Waals surface area contributed by atoms with E-state index in [1.54, 1.807) is 0 Å². The van der Waals surface area contributed by atoms with Crippen molar-refractivity contribution in [2.45, 2.75) is 26.3 Å². The third-order valence-corrected chi connectivity index (χ3v) is 4.19. The fourth-order valence-corrected chi connectivity index (χ4v) is 2.91. The number of hydrogen-bond donors (Lipinski definition) is 0. The number of rotatable bonds is 3. The van der Waals surface area contributed by atoms with Gasteiger partial charge in [-0.3, -0.25) is 4.90 Å². The van der Waals surface area contributed by atoms with Crippen LogP contribution in [0.5, 0.6) is 0 Å². The van der Waals surface area contributed by atoms with Crippen molar-refractivity contribution in [3.8, 4) is 11.5 Å². The summed E-state index contributed by atoms with van der Waals surface area (Å²) in [6, 6.07) is 7.91. The third-order valence-electron chi connectivity index (χ3n) is 3.66. The summed E-state index contributed by atoms with van der Waals surface area (Å²) < 4.78 is 6.81. The largest absolute Gasteiger partial charge is 0.419 e. The van der Waals surface area contributed by atoms with Crippen LogP contribution >= 0.6 is 15.9 Å². The van der Waals surface area contributed by atoms with E-state index in [0.29, 0.717) is 11.8 Å². The lowest BCUT2D eigenvalue weighted by Crippen LogP contribution is -2.33. The fraction of sp³-hybridized carbons (Fsp3) is 0.467. The Bertz CT molecular complexity index is 567. The van der Waals surface area contributed by atoms with Gasteiger partial charge >= 0.3 is 0 Å². The van der Waals surface area contributed by atoms with Crippen LogP contribution in [0.15, 0.2) is 33.2 Å². The van der Waals surface area contributed by atoms with Gasteiger partial charge in [-0.1, -0.05) is 22.9 Å². The number of aromatic nitrogens is 2. The summed E-state index contributed by atoms with van der Waals surface area (Å²) in [6.07, 6.45) is 2.58. The second kappa shape index (κ2) is 6.06. The molecule has 1 saturated heterocycles. The molecule has 0 radical (unpaired) electrons. The summed E-state index contributed by atoms with van der Waals surface area (Å²) in [7, 11) is 0. The van der Waals surface area contributed by atoms with Crippen molar-refractivity contribution in [1.82, 2.24) is 15.1 Å². The van der Waals surface area contributed by atoms with Gasteiger partial charge in [-0.15, -0.1) is 10.2 Å². The molecule has 1 aliphatic rings. The Labute approximate surface area is 127 Å². The summed E-state index contributed by atoms with van der Waals surface area (Å²) >= 11 is 3.42. The van der Waals surface area contributed by atoms with Crippen molar-refractivity contribution in [3.63, 3.8) is 0 Å². The lowest BCUT2D eigenvalue weighted by atomic mass is 10.0. The Hall–Kier alpha value is -1.20. The predicted molar refractivity (Wildman–Crippen MR) is 81.1 cm³/mol. The Kier molecular flexibility index (Phi) is 4.17. The van der Waals surface area contributed by atoms with Gasteiger partial charge in [0.15, 0.2) is 0 Å². The molecule has 1 atom stereocenters. The minimum absolute atomic E-state index is 0.595. The average molecular weight is 336 g/mol. The van der Waals surface area contributed by atoms with E-state index in [-0.39, 0.29) is 0 Å². The van der Waals surface area contributed by atoms with Gasteiger partial charge in [0.2, 0.25) is 11.8 Å². The summed E-state index contributed by atoms with van der Waals surface area (Å²) in [5.74, 6) is 2.06. The van der Waals surface area contributed by atoms with Crippen LogP contribution in [0, 0.1) is 5.92 Å². The first-order valence-electron chi connectivity index (χ1n) is 7.01. The highest BCUT2D eigenvalue weighted by atomic mass is 79.9. The number of piperidine rings is 1. The Morgan fingerprint density at radius 3 is 2.85 bits per heavy atom. The molecule has 0 amide bonds. The van der Waals surface area contributed by atoms with Gasteiger partial charge in [-0.25, -0.2) is 0 Å². The van der Waals surface area contributed by atoms with E-state index < -0.39 is 0 Å². The van der Waals surface area contributed by atoms with Crippen LogP contribution in [0.2, 0.25) is 0 Å². The standard InChI is InChI=1S/C15H18BrN3O/c1-11-3-2-8-19(9-11)10-14-17-18-15(20-14)12-4-6-13(16)7-5-12/h4-7,11H,2-3,8-10H2,1H3/t11-/m1/s1. The van der Waals surface area contributed by atoms with Gasteiger partial charge in [-0.05, 0) is 49.6 Å². The number of halogens is 1. The Morgan fingerprint density at radius 2 is 2.10 bits per heavy atom. The number of nitrogens with zero attached hydrogens (tertiary/aromatic N) is 3. The molecular weight excluding hydrogens is 318 g/mol. The minimum atomic E-state index is 0.595. The summed E-state index contributed by atoms with van der Waals surface area (Å²) in [5.41, 5.74) is 0.957. The van der Waals surface area contributed by atoms with E-state index >= 15 is 0 Å². The predicted octanol–water partition coefficient (Wildman–Crippen LogP) is 3.73. The van der Waals surface area contributed by atoms with E-state index in [4.69, 9.17) is 4.42 Å². The summed E-state index contributed by atoms with van der Waals surface area (Å²) in [6.45, 7) is 5.30. The lowest BCUT2D eigenvalue weighted by Gasteiger charge is -2.29. The van der Waals surface area contributed by atoms with Crippen LogP contribution in [0.25, 0.3) is 11.5 Å². The maximum absolute atomic E-state index is 5.77. The van der Waals surface area contributed by atoms with Crippen LogP contribution in [0.3, 0.4) is 0 Å². The summed E-state index contributed by atoms with van der Waals surface area (Å²) in [4.78, 5) is 2.40. The van der Waals surface area contributed by atoms with Crippen LogP contribution in [0.1, 0.15) is 25.7 Å². The third kappa shape index (κ3) is 3.27. The molecule has 3 rings (SSSR count). The molecule has 1 aromatic carbocycles. The van der Waals surface area contributed by atoms with Gasteiger partial charge in [0.25, 0.3) is 0 Å². The van der Waals surface area contributed by atoms with Crippen molar-refractivity contribution in [1.29, 1.82) is 0 Å². The molecule has 0 N–H and O–H groups in total. The van der Waals surface area contributed by atoms with Gasteiger partial charge in [0.05, 0.1) is 6.54 Å². The molecule has 1 aromatic heterocycles. The second-order valence-corrected chi connectivity index (χ2v) is 6.41. The normalized spacial score (nSPS) is 20.2. The zero-order valence-electron chi connectivity index (χ0n) is 11.6. The number of likely N-dealkylation sites (tertiary alicyclic amines) is 1. The van der Waals surface area contributed by atoms with Crippen molar-refractivity contribution in [2.75, 3.05) is 13.1 Å². The zero-order chi connectivity index (χ0) is 13.9. The van der Waals surface area contributed by atoms with Crippen molar-refractivity contribution >= 4 is 15.9 Å². The highest BCUT2D eigenvalue weighted by molar-refractivity contribution is 9.10. The fourth-order valence-electron chi connectivity index (χ4n) is 2.65. The zero-order valence-corrected chi connectivity index (χ0v) is 13.1. The molecule has 0 saturated carbocycles. The van der Waals surface area contributed by atoms with Crippen LogP contribution < -0.4 is 0 Å². The summed E-state index contributed by atoms with van der Waals surface area (Å²) in [5, 5.41) is 8.31. The second-order valence-electron chi connectivity index (χ2n) is 5.49. The number of benzene rings is 1. The molecule has 1 aliphatic heterocycles. The topological polar surface area (TPSA) is 42.2 Å². The van der Waals surface area contributed by atoms with Crippen LogP contribution in [-0.4, -0.2) is 28.2 Å². The van der Waals surface area contributed by atoms with Gasteiger partial charge in [-0.2, -0.15) is 0 Å². The molecule has 4 nitrogen and oxygen atoms in total. The van der Waals surface area contributed by atoms with Crippen molar-refractivity contribution < 1.29 is 4.42 Å². The smallest absolute Gasteiger partial charge is 0.247 e. The van der Waals surface area contributed by atoms with Gasteiger partial charge < -0.3 is 4.42 Å².